The van der Waals surface area contributed by atoms with E-state index in [0.29, 0.717) is 25.7 Å². The summed E-state index contributed by atoms with van der Waals surface area (Å²) >= 11 is 0. The first-order chi connectivity index (χ1) is 53.7. The van der Waals surface area contributed by atoms with Crippen molar-refractivity contribution in [3.63, 3.8) is 0 Å². The minimum absolute atomic E-state index is 0.0732. The number of ether oxygens (including phenoxy) is 4. The van der Waals surface area contributed by atoms with Crippen molar-refractivity contribution in [1.29, 1.82) is 0 Å². The molecule has 0 amide bonds. The molecule has 0 heterocycles. The SMILES string of the molecule is CC/C=C\C/C=C\C/C=C\C/C=C\C/C=C\CCCCCC(=O)OCC(COP(=O)(O)OCC(O)COP(=O)(O)OCC(COC(=O)CCCCCCCC/C=C\C/C=C\C/C=C\CCCCC)OC(=O)CCCCCCCCCCCCCCCCC)OC(=O)CCCCCCCCC/C=C\C/C=C\C/C=C\CC. The average molecular weight is 1580 g/mol. The summed E-state index contributed by atoms with van der Waals surface area (Å²) < 4.78 is 68.9. The molecule has 0 aromatic carbocycles. The summed E-state index contributed by atoms with van der Waals surface area (Å²) in [5.41, 5.74) is 0. The zero-order valence-corrected chi connectivity index (χ0v) is 71.2. The molecule has 17 nitrogen and oxygen atoms in total. The predicted octanol–water partition coefficient (Wildman–Crippen LogP) is 26.0. The van der Waals surface area contributed by atoms with E-state index in [-0.39, 0.29) is 25.7 Å². The zero-order chi connectivity index (χ0) is 80.3. The van der Waals surface area contributed by atoms with Crippen LogP contribution in [0.15, 0.2) is 134 Å². The second-order valence-electron chi connectivity index (χ2n) is 28.7. The van der Waals surface area contributed by atoms with Gasteiger partial charge in [0.25, 0.3) is 0 Å². The number of esters is 4. The Bertz CT molecular complexity index is 2600. The maximum Gasteiger partial charge on any atom is 0.472 e. The average Bonchev–Trinajstić information content (AvgIpc) is 0.906. The normalized spacial score (nSPS) is 14.4. The molecule has 0 aliphatic rings. The van der Waals surface area contributed by atoms with E-state index in [0.717, 1.165) is 199 Å². The lowest BCUT2D eigenvalue weighted by Crippen LogP contribution is -2.30. The molecule has 0 saturated heterocycles. The number of unbranched alkanes of at least 4 members (excludes halogenated alkanes) is 33. The maximum atomic E-state index is 13.1. The van der Waals surface area contributed by atoms with Crippen molar-refractivity contribution < 1.29 is 80.2 Å². The molecule has 0 spiro atoms. The van der Waals surface area contributed by atoms with Gasteiger partial charge in [0.1, 0.15) is 19.3 Å². The van der Waals surface area contributed by atoms with Crippen LogP contribution in [0.25, 0.3) is 0 Å². The summed E-state index contributed by atoms with van der Waals surface area (Å²) in [6.45, 7) is 4.62. The molecule has 0 rings (SSSR count). The third-order valence-electron chi connectivity index (χ3n) is 18.1. The van der Waals surface area contributed by atoms with E-state index >= 15 is 0 Å². The lowest BCUT2D eigenvalue weighted by Gasteiger charge is -2.21. The predicted molar refractivity (Wildman–Crippen MR) is 454 cm³/mol. The monoisotopic (exact) mass is 1580 g/mol. The van der Waals surface area contributed by atoms with E-state index in [1.165, 1.54) is 83.5 Å². The van der Waals surface area contributed by atoms with Crippen molar-refractivity contribution >= 4 is 39.5 Å². The number of phosphoric ester groups is 2. The summed E-state index contributed by atoms with van der Waals surface area (Å²) in [4.78, 5) is 73.3. The Hall–Kier alpha value is -4.80. The molecule has 5 atom stereocenters. The lowest BCUT2D eigenvalue weighted by molar-refractivity contribution is -0.161. The van der Waals surface area contributed by atoms with Crippen molar-refractivity contribution in [1.82, 2.24) is 0 Å². The van der Waals surface area contributed by atoms with E-state index in [1.54, 1.807) is 0 Å². The van der Waals surface area contributed by atoms with Gasteiger partial charge in [0, 0.05) is 25.7 Å². The molecule has 632 valence electrons. The quantitative estimate of drug-likeness (QED) is 0.0169. The number of phosphoric acid groups is 2. The molecule has 110 heavy (non-hydrogen) atoms. The van der Waals surface area contributed by atoms with Gasteiger partial charge in [0.05, 0.1) is 26.4 Å². The van der Waals surface area contributed by atoms with Crippen LogP contribution in [-0.2, 0) is 65.4 Å². The standard InChI is InChI=1S/C91H156O17P2/c1-5-9-13-17-21-25-29-33-37-40-42-45-48-51-55-59-63-67-71-75-88(93)101-81-86(107-90(95)77-73-69-65-61-57-53-47-36-32-28-24-20-16-12-8-4)83-105-109(97,98)103-79-85(92)80-104-110(99,100)106-84-87(108-91(96)78-74-70-66-62-58-54-50-44-39-35-31-27-23-19-15-11-7-3)82-102-89(94)76-72-68-64-60-56-52-49-46-43-41-38-34-30-26-22-18-14-10-6-2/h10-11,14-15,21-23,25-27,33-35,37-39,42-43,45-46,52,56,85-87,92H,5-9,12-13,16-20,24,28-32,36,40-41,44,47-51,53-55,57-84H2,1-4H3,(H,97,98)(H,99,100)/b14-10-,15-11-,25-21-,26-22-,27-23-,37-33-,38-34-,39-35-,45-42-,46-43-,56-52-. The van der Waals surface area contributed by atoms with Gasteiger partial charge >= 0.3 is 39.5 Å². The van der Waals surface area contributed by atoms with Gasteiger partial charge in [-0.1, -0.05) is 328 Å². The molecule has 0 fully saturated rings. The molecule has 19 heteroatoms. The van der Waals surface area contributed by atoms with Gasteiger partial charge in [-0.2, -0.15) is 0 Å². The summed E-state index contributed by atoms with van der Waals surface area (Å²) in [5.74, 6) is -2.22. The third kappa shape index (κ3) is 81.2. The Labute approximate surface area is 669 Å². The minimum atomic E-state index is -5.00. The Kier molecular flexibility index (Phi) is 78.6. The number of carbonyl (C=O) groups excluding carboxylic acids is 4. The summed E-state index contributed by atoms with van der Waals surface area (Å²) in [6, 6.07) is 0. The molecule has 0 bridgehead atoms. The second-order valence-corrected chi connectivity index (χ2v) is 31.6. The number of rotatable bonds is 81. The highest BCUT2D eigenvalue weighted by Gasteiger charge is 2.30. The van der Waals surface area contributed by atoms with E-state index in [4.69, 9.17) is 37.0 Å². The van der Waals surface area contributed by atoms with Crippen LogP contribution in [0.3, 0.4) is 0 Å². The minimum Gasteiger partial charge on any atom is -0.462 e. The molecular formula is C91H156O17P2. The Balaban J connectivity index is 5.41. The van der Waals surface area contributed by atoms with Crippen LogP contribution in [0.1, 0.15) is 362 Å². The molecule has 5 unspecified atom stereocenters. The number of allylic oxidation sites excluding steroid dienone is 22. The van der Waals surface area contributed by atoms with Crippen LogP contribution in [0, 0.1) is 0 Å². The molecular weight excluding hydrogens is 1430 g/mol. The van der Waals surface area contributed by atoms with E-state index in [1.807, 2.05) is 0 Å². The summed E-state index contributed by atoms with van der Waals surface area (Å²) in [6.07, 6.45) is 94.0. The highest BCUT2D eigenvalue weighted by Crippen LogP contribution is 2.45. The fourth-order valence-corrected chi connectivity index (χ4v) is 13.1. The Morgan fingerprint density at radius 3 is 0.755 bits per heavy atom. The van der Waals surface area contributed by atoms with Crippen LogP contribution >= 0.6 is 15.6 Å². The van der Waals surface area contributed by atoms with Gasteiger partial charge in [-0.25, -0.2) is 9.13 Å². The molecule has 0 aliphatic carbocycles. The third-order valence-corrected chi connectivity index (χ3v) is 20.0. The van der Waals surface area contributed by atoms with Crippen molar-refractivity contribution in [3.05, 3.63) is 134 Å². The van der Waals surface area contributed by atoms with E-state index in [2.05, 4.69) is 161 Å². The van der Waals surface area contributed by atoms with Gasteiger partial charge in [-0.05, 0) is 141 Å². The first kappa shape index (κ1) is 105. The fraction of sp³-hybridized carbons (Fsp3) is 0.714. The van der Waals surface area contributed by atoms with Crippen LogP contribution in [0.2, 0.25) is 0 Å². The van der Waals surface area contributed by atoms with E-state index < -0.39 is 97.5 Å². The largest absolute Gasteiger partial charge is 0.472 e. The summed E-state index contributed by atoms with van der Waals surface area (Å²) in [7, 11) is -9.98. The fourth-order valence-electron chi connectivity index (χ4n) is 11.6. The maximum absolute atomic E-state index is 13.1. The first-order valence-corrected chi connectivity index (χ1v) is 46.4. The molecule has 0 radical (unpaired) electrons. The van der Waals surface area contributed by atoms with Crippen LogP contribution in [-0.4, -0.2) is 96.7 Å². The Morgan fingerprint density at radius 2 is 0.473 bits per heavy atom. The molecule has 3 N–H and O–H groups in total. The van der Waals surface area contributed by atoms with Crippen LogP contribution in [0.4, 0.5) is 0 Å². The van der Waals surface area contributed by atoms with Gasteiger partial charge < -0.3 is 33.8 Å². The number of hydrogen-bond donors (Lipinski definition) is 3. The highest BCUT2D eigenvalue weighted by atomic mass is 31.2. The number of aliphatic hydroxyl groups is 1. The van der Waals surface area contributed by atoms with E-state index in [9.17, 15) is 43.2 Å². The Morgan fingerprint density at radius 1 is 0.264 bits per heavy atom. The van der Waals surface area contributed by atoms with Crippen molar-refractivity contribution in [2.24, 2.45) is 0 Å². The second kappa shape index (κ2) is 82.2. The number of hydrogen-bond acceptors (Lipinski definition) is 15. The topological polar surface area (TPSA) is 237 Å². The van der Waals surface area contributed by atoms with Crippen LogP contribution < -0.4 is 0 Å². The summed E-state index contributed by atoms with van der Waals surface area (Å²) in [5, 5.41) is 10.7. The van der Waals surface area contributed by atoms with Crippen molar-refractivity contribution in [2.75, 3.05) is 39.6 Å². The van der Waals surface area contributed by atoms with Gasteiger partial charge in [-0.15, -0.1) is 0 Å². The molecule has 0 aliphatic heterocycles. The molecule has 0 aromatic rings. The lowest BCUT2D eigenvalue weighted by atomic mass is 10.0. The van der Waals surface area contributed by atoms with Gasteiger partial charge in [-0.3, -0.25) is 37.3 Å². The van der Waals surface area contributed by atoms with Crippen molar-refractivity contribution in [3.8, 4) is 0 Å². The number of carbonyl (C=O) groups is 4. The smallest absolute Gasteiger partial charge is 0.462 e. The highest BCUT2D eigenvalue weighted by molar-refractivity contribution is 7.47. The molecule has 0 saturated carbocycles. The number of aliphatic hydroxyl groups excluding tert-OH is 1. The van der Waals surface area contributed by atoms with Gasteiger partial charge in [0.15, 0.2) is 12.2 Å². The zero-order valence-electron chi connectivity index (χ0n) is 69.4. The van der Waals surface area contributed by atoms with Crippen LogP contribution in [0.5, 0.6) is 0 Å². The first-order valence-electron chi connectivity index (χ1n) is 43.4. The van der Waals surface area contributed by atoms with Gasteiger partial charge in [0.2, 0.25) is 0 Å². The van der Waals surface area contributed by atoms with Crippen molar-refractivity contribution in [2.45, 2.75) is 380 Å². The molecule has 0 aromatic heterocycles.